The van der Waals surface area contributed by atoms with E-state index in [1.54, 1.807) is 27.7 Å². The van der Waals surface area contributed by atoms with Crippen molar-refractivity contribution in [2.75, 3.05) is 27.3 Å². The highest BCUT2D eigenvalue weighted by Gasteiger charge is 2.53. The molecule has 0 spiro atoms. The number of ketones is 1. The second-order valence-electron chi connectivity index (χ2n) is 16.8. The van der Waals surface area contributed by atoms with E-state index < -0.39 is 101 Å². The second kappa shape index (κ2) is 17.7. The van der Waals surface area contributed by atoms with Crippen LogP contribution in [0.4, 0.5) is 0 Å². The van der Waals surface area contributed by atoms with Crippen LogP contribution in [-0.4, -0.2) is 142 Å². The van der Waals surface area contributed by atoms with Crippen LogP contribution in [0.15, 0.2) is 25.8 Å². The number of cyclic esters (lactones) is 1. The van der Waals surface area contributed by atoms with Gasteiger partial charge in [-0.1, -0.05) is 32.9 Å². The van der Waals surface area contributed by atoms with Crippen molar-refractivity contribution in [3.8, 4) is 0 Å². The van der Waals surface area contributed by atoms with Gasteiger partial charge < -0.3 is 48.6 Å². The molecule has 14 atom stereocenters. The largest absolute Gasteiger partial charge is 0.459 e. The number of nitrogens with one attached hydrogen (secondary N) is 2. The van der Waals surface area contributed by atoms with Crippen LogP contribution in [0, 0.1) is 23.7 Å². The summed E-state index contributed by atoms with van der Waals surface area (Å²) in [5.41, 5.74) is -4.27. The maximum atomic E-state index is 14.4. The maximum Gasteiger partial charge on any atom is 0.325 e. The van der Waals surface area contributed by atoms with Gasteiger partial charge in [0.05, 0.1) is 37.1 Å². The molecule has 18 heteroatoms. The molecule has 3 saturated heterocycles. The number of carbonyl (C=O) groups is 3. The Morgan fingerprint density at radius 1 is 1.02 bits per heavy atom. The molecule has 3 fully saturated rings. The molecule has 4 aliphatic heterocycles. The first kappa shape index (κ1) is 44.5. The van der Waals surface area contributed by atoms with E-state index in [0.29, 0.717) is 6.42 Å². The number of amides is 1. The lowest BCUT2D eigenvalue weighted by Crippen LogP contribution is -2.60. The Hall–Kier alpha value is -3.65. The van der Waals surface area contributed by atoms with Gasteiger partial charge >= 0.3 is 11.7 Å². The van der Waals surface area contributed by atoms with Crippen molar-refractivity contribution >= 4 is 29.1 Å². The van der Waals surface area contributed by atoms with Crippen molar-refractivity contribution in [3.05, 3.63) is 32.6 Å². The Kier molecular flexibility index (Phi) is 13.8. The number of aliphatic imine (C=N–C) groups is 1. The van der Waals surface area contributed by atoms with Gasteiger partial charge in [0.2, 0.25) is 6.10 Å². The minimum atomic E-state index is -1.90. The van der Waals surface area contributed by atoms with Crippen LogP contribution >= 0.6 is 0 Å². The summed E-state index contributed by atoms with van der Waals surface area (Å²) in [5, 5.41) is 28.2. The van der Waals surface area contributed by atoms with Gasteiger partial charge in [-0.3, -0.25) is 24.2 Å². The molecule has 18 nitrogen and oxygen atoms in total. The number of rotatable bonds is 6. The molecule has 1 aromatic rings. The molecule has 0 aliphatic carbocycles. The van der Waals surface area contributed by atoms with E-state index in [1.807, 2.05) is 32.8 Å². The standard InChI is InChI=1S/C39H59N5O13/c1-11-27-39(8,51)33-20(4)29-18(2)15-38(7,53-17-24(16-52-33)43-57-26(34(48)42-29)13-23-14-28(45)41-37(50)40-23)32(21(5)30(46)22(6)35(49)55-27)56-36-31(47)25(44(9)10)12-19(3)54-36/h14,18-22,25-27,31-33,36,47,51H,11-13,15-17H2,1-10H3,(H2,40,41,45,50)/b42-29?,43-24-/t18-,19-,20+,21+,22-,25+,26?,27-,31-,32-,33-,36+,38-,39-/m1/s1. The lowest BCUT2D eigenvalue weighted by Gasteiger charge is -2.47. The third-order valence-electron chi connectivity index (χ3n) is 11.9. The summed E-state index contributed by atoms with van der Waals surface area (Å²) in [7, 11) is 3.69. The third-order valence-corrected chi connectivity index (χ3v) is 11.9. The van der Waals surface area contributed by atoms with Crippen LogP contribution in [0.25, 0.3) is 0 Å². The fourth-order valence-corrected chi connectivity index (χ4v) is 8.76. The number of aromatic amines is 2. The number of carbonyl (C=O) groups excluding carboxylic acids is 3. The number of likely N-dealkylation sites (N-methyl/N-ethyl adjacent to an activating group) is 1. The number of hydrogen-bond acceptors (Lipinski definition) is 15. The highest BCUT2D eigenvalue weighted by Crippen LogP contribution is 2.40. The molecule has 0 aromatic carbocycles. The lowest BCUT2D eigenvalue weighted by molar-refractivity contribution is -0.296. The zero-order valence-electron chi connectivity index (χ0n) is 34.5. The number of esters is 1. The smallest absolute Gasteiger partial charge is 0.325 e. The van der Waals surface area contributed by atoms with E-state index in [0.717, 1.165) is 6.07 Å². The van der Waals surface area contributed by atoms with Crippen LogP contribution in [0.1, 0.15) is 80.3 Å². The number of aliphatic hydroxyl groups excluding tert-OH is 1. The molecule has 57 heavy (non-hydrogen) atoms. The van der Waals surface area contributed by atoms with E-state index in [-0.39, 0.29) is 61.7 Å². The minimum Gasteiger partial charge on any atom is -0.459 e. The molecule has 1 unspecified atom stereocenters. The van der Waals surface area contributed by atoms with Gasteiger partial charge in [0.25, 0.3) is 11.5 Å². The predicted molar refractivity (Wildman–Crippen MR) is 205 cm³/mol. The molecule has 5 heterocycles. The first-order valence-corrected chi connectivity index (χ1v) is 19.7. The van der Waals surface area contributed by atoms with Gasteiger partial charge in [0.15, 0.2) is 12.1 Å². The van der Waals surface area contributed by atoms with Gasteiger partial charge in [0.1, 0.15) is 29.4 Å². The van der Waals surface area contributed by atoms with Crippen LogP contribution in [0.3, 0.4) is 0 Å². The van der Waals surface area contributed by atoms with Gasteiger partial charge in [-0.25, -0.2) is 9.79 Å². The molecule has 318 valence electrons. The van der Waals surface area contributed by atoms with Crippen molar-refractivity contribution in [1.29, 1.82) is 0 Å². The number of ether oxygens (including phenoxy) is 5. The summed E-state index contributed by atoms with van der Waals surface area (Å²) in [6.07, 6.45) is -7.09. The number of H-pyrrole nitrogens is 2. The number of fused-ring (bicyclic) bond motifs is 4. The second-order valence-corrected chi connectivity index (χ2v) is 16.8. The topological polar surface area (TPSA) is 241 Å². The zero-order valence-corrected chi connectivity index (χ0v) is 34.5. The SMILES string of the molecule is CC[C@H]1OC(=O)[C@H](C)C(=O)[C@H](C)[C@@H](O[C@@H]2O[C@H](C)C[C@H](N(C)C)[C@H]2O)[C@@]2(C)C[C@@H](C)C3=NC(=O)C(Cc4cc(=O)[nH]c(=O)[nH]4)O/N=C(/CO[C@H]([C@H]3C)[C@]1(C)O)CO2. The molecule has 5 rings (SSSR count). The van der Waals surface area contributed by atoms with Crippen LogP contribution in [0.5, 0.6) is 0 Å². The van der Waals surface area contributed by atoms with E-state index in [1.165, 1.54) is 13.8 Å². The monoisotopic (exact) mass is 805 g/mol. The molecule has 1 amide bonds. The molecule has 0 radical (unpaired) electrons. The Bertz CT molecular complexity index is 1800. The summed E-state index contributed by atoms with van der Waals surface area (Å²) >= 11 is 0. The molecule has 0 saturated carbocycles. The van der Waals surface area contributed by atoms with E-state index in [9.17, 15) is 34.2 Å². The quantitative estimate of drug-likeness (QED) is 0.231. The summed E-state index contributed by atoms with van der Waals surface area (Å²) in [4.78, 5) is 83.6. The van der Waals surface area contributed by atoms with Crippen LogP contribution in [-0.2, 0) is 49.3 Å². The first-order chi connectivity index (χ1) is 26.7. The van der Waals surface area contributed by atoms with E-state index >= 15 is 0 Å². The summed E-state index contributed by atoms with van der Waals surface area (Å²) in [6.45, 7) is 12.9. The van der Waals surface area contributed by atoms with Crippen molar-refractivity contribution in [3.63, 3.8) is 0 Å². The third kappa shape index (κ3) is 9.64. The average Bonchev–Trinajstić information content (AvgIpc) is 3.16. The average molecular weight is 806 g/mol. The van der Waals surface area contributed by atoms with Gasteiger partial charge in [-0.05, 0) is 67.0 Å². The van der Waals surface area contributed by atoms with Crippen molar-refractivity contribution in [2.24, 2.45) is 33.8 Å². The summed E-state index contributed by atoms with van der Waals surface area (Å²) < 4.78 is 32.1. The summed E-state index contributed by atoms with van der Waals surface area (Å²) in [5.74, 6) is -5.98. The molecule has 4 aliphatic rings. The Labute approximate surface area is 331 Å². The number of Topliss-reactive ketones (excluding diaryl/α,β-unsaturated/α-hetero) is 1. The maximum absolute atomic E-state index is 14.4. The molecule has 4 bridgehead atoms. The minimum absolute atomic E-state index is 0.0757. The Balaban J connectivity index is 1.71. The van der Waals surface area contributed by atoms with Crippen molar-refractivity contribution < 1.29 is 53.1 Å². The fourth-order valence-electron chi connectivity index (χ4n) is 8.76. The first-order valence-electron chi connectivity index (χ1n) is 19.7. The van der Waals surface area contributed by atoms with Crippen molar-refractivity contribution in [1.82, 2.24) is 14.9 Å². The van der Waals surface area contributed by atoms with E-state index in [4.69, 9.17) is 28.5 Å². The van der Waals surface area contributed by atoms with Crippen molar-refractivity contribution in [2.45, 2.75) is 141 Å². The van der Waals surface area contributed by atoms with Gasteiger partial charge in [-0.15, -0.1) is 0 Å². The number of nitrogens with zero attached hydrogens (tertiary/aromatic N) is 3. The lowest BCUT2D eigenvalue weighted by atomic mass is 9.73. The molecular formula is C39H59N5O13. The highest BCUT2D eigenvalue weighted by atomic mass is 16.7. The highest BCUT2D eigenvalue weighted by molar-refractivity contribution is 6.01. The number of aromatic nitrogens is 2. The Morgan fingerprint density at radius 3 is 2.37 bits per heavy atom. The summed E-state index contributed by atoms with van der Waals surface area (Å²) in [6, 6.07) is 0.788. The van der Waals surface area contributed by atoms with Crippen LogP contribution in [0.2, 0.25) is 0 Å². The number of oxime groups is 1. The molecule has 1 aromatic heterocycles. The fraction of sp³-hybridized carbons (Fsp3) is 0.769. The number of hydrogen-bond donors (Lipinski definition) is 4. The molecular weight excluding hydrogens is 746 g/mol. The predicted octanol–water partition coefficient (Wildman–Crippen LogP) is 0.903. The molecule has 4 N–H and O–H groups in total. The Morgan fingerprint density at radius 2 is 1.72 bits per heavy atom. The van der Waals surface area contributed by atoms with Gasteiger partial charge in [-0.2, -0.15) is 0 Å². The zero-order chi connectivity index (χ0) is 42.1. The normalized spacial score (nSPS) is 40.9. The van der Waals surface area contributed by atoms with E-state index in [2.05, 4.69) is 20.1 Å². The van der Waals surface area contributed by atoms with Gasteiger partial charge in [0, 0.05) is 41.8 Å². The number of aliphatic hydroxyl groups is 2. The van der Waals surface area contributed by atoms with Crippen LogP contribution < -0.4 is 11.2 Å².